The standard InChI is InChI=1S/C15H23N/c1-11-8-13(15(2,3)4)10-14(16-11)9-12-6-5-7-12/h8,10,12H,5-7,9H2,1-4H3. The van der Waals surface area contributed by atoms with Crippen LogP contribution in [0.4, 0.5) is 0 Å². The Morgan fingerprint density at radius 1 is 1.25 bits per heavy atom. The summed E-state index contributed by atoms with van der Waals surface area (Å²) >= 11 is 0. The summed E-state index contributed by atoms with van der Waals surface area (Å²) < 4.78 is 0. The van der Waals surface area contributed by atoms with E-state index >= 15 is 0 Å². The van der Waals surface area contributed by atoms with E-state index in [1.54, 1.807) is 0 Å². The molecule has 16 heavy (non-hydrogen) atoms. The molecule has 1 fully saturated rings. The molecule has 1 aromatic heterocycles. The normalized spacial score (nSPS) is 17.2. The van der Waals surface area contributed by atoms with E-state index in [1.807, 2.05) is 0 Å². The minimum atomic E-state index is 0.238. The molecule has 0 N–H and O–H groups in total. The van der Waals surface area contributed by atoms with Crippen molar-refractivity contribution in [1.29, 1.82) is 0 Å². The van der Waals surface area contributed by atoms with Gasteiger partial charge in [0.2, 0.25) is 0 Å². The molecule has 1 nitrogen and oxygen atoms in total. The van der Waals surface area contributed by atoms with E-state index in [-0.39, 0.29) is 5.41 Å². The Labute approximate surface area is 99.3 Å². The van der Waals surface area contributed by atoms with Crippen molar-refractivity contribution in [2.45, 2.75) is 58.8 Å². The molecule has 0 atom stereocenters. The monoisotopic (exact) mass is 217 g/mol. The van der Waals surface area contributed by atoms with Crippen LogP contribution in [0.3, 0.4) is 0 Å². The SMILES string of the molecule is Cc1cc(C(C)(C)C)cc(CC2CCC2)n1. The Morgan fingerprint density at radius 3 is 2.44 bits per heavy atom. The first-order valence-corrected chi connectivity index (χ1v) is 6.43. The van der Waals surface area contributed by atoms with Crippen LogP contribution in [0.5, 0.6) is 0 Å². The van der Waals surface area contributed by atoms with Crippen molar-refractivity contribution in [3.05, 3.63) is 29.1 Å². The van der Waals surface area contributed by atoms with Crippen LogP contribution >= 0.6 is 0 Å². The molecule has 0 unspecified atom stereocenters. The molecule has 1 aliphatic rings. The lowest BCUT2D eigenvalue weighted by atomic mass is 9.81. The maximum absolute atomic E-state index is 4.67. The number of aromatic nitrogens is 1. The van der Waals surface area contributed by atoms with Crippen LogP contribution in [0.15, 0.2) is 12.1 Å². The maximum atomic E-state index is 4.67. The number of hydrogen-bond donors (Lipinski definition) is 0. The van der Waals surface area contributed by atoms with Crippen molar-refractivity contribution in [1.82, 2.24) is 4.98 Å². The fourth-order valence-electron chi connectivity index (χ4n) is 2.27. The van der Waals surface area contributed by atoms with E-state index in [1.165, 1.54) is 42.6 Å². The predicted octanol–water partition coefficient (Wildman–Crippen LogP) is 4.03. The van der Waals surface area contributed by atoms with Crippen LogP contribution in [0, 0.1) is 12.8 Å². The van der Waals surface area contributed by atoms with E-state index in [0.29, 0.717) is 0 Å². The van der Waals surface area contributed by atoms with Crippen LogP contribution in [-0.2, 0) is 11.8 Å². The molecular formula is C15H23N. The van der Waals surface area contributed by atoms with E-state index < -0.39 is 0 Å². The summed E-state index contributed by atoms with van der Waals surface area (Å²) in [6.45, 7) is 8.93. The molecule has 1 heterocycles. The zero-order valence-electron chi connectivity index (χ0n) is 11.0. The van der Waals surface area contributed by atoms with Crippen molar-refractivity contribution >= 4 is 0 Å². The van der Waals surface area contributed by atoms with Gasteiger partial charge in [0.15, 0.2) is 0 Å². The van der Waals surface area contributed by atoms with Gasteiger partial charge in [-0.3, -0.25) is 4.98 Å². The third kappa shape index (κ3) is 2.63. The van der Waals surface area contributed by atoms with Crippen molar-refractivity contribution in [2.24, 2.45) is 5.92 Å². The Hall–Kier alpha value is -0.850. The van der Waals surface area contributed by atoms with Gasteiger partial charge in [-0.05, 0) is 42.4 Å². The molecular weight excluding hydrogens is 194 g/mol. The highest BCUT2D eigenvalue weighted by molar-refractivity contribution is 5.27. The molecule has 0 bridgehead atoms. The van der Waals surface area contributed by atoms with E-state index in [9.17, 15) is 0 Å². The summed E-state index contributed by atoms with van der Waals surface area (Å²) in [5.74, 6) is 0.905. The molecule has 1 aromatic rings. The van der Waals surface area contributed by atoms with E-state index in [4.69, 9.17) is 0 Å². The van der Waals surface area contributed by atoms with Crippen molar-refractivity contribution in [2.75, 3.05) is 0 Å². The lowest BCUT2D eigenvalue weighted by Gasteiger charge is -2.26. The lowest BCUT2D eigenvalue weighted by molar-refractivity contribution is 0.311. The summed E-state index contributed by atoms with van der Waals surface area (Å²) in [7, 11) is 0. The molecule has 0 spiro atoms. The highest BCUT2D eigenvalue weighted by atomic mass is 14.7. The van der Waals surface area contributed by atoms with Gasteiger partial charge in [-0.1, -0.05) is 40.0 Å². The first kappa shape index (κ1) is 11.6. The second kappa shape index (κ2) is 4.20. The van der Waals surface area contributed by atoms with Crippen molar-refractivity contribution < 1.29 is 0 Å². The Bertz CT molecular complexity index is 370. The van der Waals surface area contributed by atoms with Gasteiger partial charge in [-0.25, -0.2) is 0 Å². The third-order valence-corrected chi connectivity index (χ3v) is 3.60. The van der Waals surface area contributed by atoms with Crippen LogP contribution in [0.25, 0.3) is 0 Å². The summed E-state index contributed by atoms with van der Waals surface area (Å²) in [5, 5.41) is 0. The largest absolute Gasteiger partial charge is 0.258 e. The molecule has 1 aliphatic carbocycles. The number of rotatable bonds is 2. The highest BCUT2D eigenvalue weighted by Crippen LogP contribution is 2.30. The number of aryl methyl sites for hydroxylation is 1. The summed E-state index contributed by atoms with van der Waals surface area (Å²) in [6, 6.07) is 4.54. The zero-order chi connectivity index (χ0) is 11.8. The summed E-state index contributed by atoms with van der Waals surface area (Å²) in [6.07, 6.45) is 5.41. The minimum absolute atomic E-state index is 0.238. The maximum Gasteiger partial charge on any atom is 0.0412 e. The van der Waals surface area contributed by atoms with Gasteiger partial charge in [-0.2, -0.15) is 0 Å². The minimum Gasteiger partial charge on any atom is -0.258 e. The van der Waals surface area contributed by atoms with Gasteiger partial charge in [0, 0.05) is 11.4 Å². The lowest BCUT2D eigenvalue weighted by Crippen LogP contribution is -2.17. The molecule has 1 saturated carbocycles. The Morgan fingerprint density at radius 2 is 1.94 bits per heavy atom. The van der Waals surface area contributed by atoms with Crippen molar-refractivity contribution in [3.8, 4) is 0 Å². The predicted molar refractivity (Wildman–Crippen MR) is 68.7 cm³/mol. The van der Waals surface area contributed by atoms with Gasteiger partial charge in [0.25, 0.3) is 0 Å². The average molecular weight is 217 g/mol. The van der Waals surface area contributed by atoms with Crippen LogP contribution in [0.1, 0.15) is 57.0 Å². The van der Waals surface area contributed by atoms with Gasteiger partial charge in [0.05, 0.1) is 0 Å². The summed E-state index contributed by atoms with van der Waals surface area (Å²) in [4.78, 5) is 4.67. The van der Waals surface area contributed by atoms with Gasteiger partial charge < -0.3 is 0 Å². The Balaban J connectivity index is 2.21. The smallest absolute Gasteiger partial charge is 0.0412 e. The topological polar surface area (TPSA) is 12.9 Å². The van der Waals surface area contributed by atoms with E-state index in [2.05, 4.69) is 44.8 Å². The molecule has 88 valence electrons. The number of nitrogens with zero attached hydrogens (tertiary/aromatic N) is 1. The van der Waals surface area contributed by atoms with Crippen LogP contribution in [0.2, 0.25) is 0 Å². The first-order valence-electron chi connectivity index (χ1n) is 6.43. The molecule has 0 aromatic carbocycles. The molecule has 0 aliphatic heterocycles. The number of pyridine rings is 1. The molecule has 2 rings (SSSR count). The molecule has 0 saturated heterocycles. The third-order valence-electron chi connectivity index (χ3n) is 3.60. The van der Waals surface area contributed by atoms with Crippen LogP contribution < -0.4 is 0 Å². The van der Waals surface area contributed by atoms with Crippen LogP contribution in [-0.4, -0.2) is 4.98 Å². The second-order valence-corrected chi connectivity index (χ2v) is 6.24. The van der Waals surface area contributed by atoms with Gasteiger partial charge in [-0.15, -0.1) is 0 Å². The second-order valence-electron chi connectivity index (χ2n) is 6.24. The quantitative estimate of drug-likeness (QED) is 0.729. The fraction of sp³-hybridized carbons (Fsp3) is 0.667. The molecule has 0 radical (unpaired) electrons. The van der Waals surface area contributed by atoms with E-state index in [0.717, 1.165) is 5.92 Å². The highest BCUT2D eigenvalue weighted by Gasteiger charge is 2.20. The number of hydrogen-bond acceptors (Lipinski definition) is 1. The van der Waals surface area contributed by atoms with Gasteiger partial charge in [0.1, 0.15) is 0 Å². The Kier molecular flexibility index (Phi) is 3.05. The zero-order valence-corrected chi connectivity index (χ0v) is 11.0. The van der Waals surface area contributed by atoms with Gasteiger partial charge >= 0.3 is 0 Å². The fourth-order valence-corrected chi connectivity index (χ4v) is 2.27. The summed E-state index contributed by atoms with van der Waals surface area (Å²) in [5.41, 5.74) is 4.13. The first-order chi connectivity index (χ1) is 7.45. The molecule has 1 heteroatoms. The van der Waals surface area contributed by atoms with Crippen molar-refractivity contribution in [3.63, 3.8) is 0 Å². The molecule has 0 amide bonds. The average Bonchev–Trinajstić information content (AvgIpc) is 2.09.